The Morgan fingerprint density at radius 2 is 2.17 bits per heavy atom. The van der Waals surface area contributed by atoms with Crippen molar-refractivity contribution in [1.82, 2.24) is 4.57 Å². The minimum atomic E-state index is 0.0145. The van der Waals surface area contributed by atoms with Crippen molar-refractivity contribution in [3.8, 4) is 0 Å². The van der Waals surface area contributed by atoms with E-state index in [1.807, 2.05) is 19.9 Å². The van der Waals surface area contributed by atoms with Gasteiger partial charge in [0.1, 0.15) is 0 Å². The van der Waals surface area contributed by atoms with Gasteiger partial charge in [-0.3, -0.25) is 4.79 Å². The largest absolute Gasteiger partial charge is 0.383 e. The molecule has 0 amide bonds. The van der Waals surface area contributed by atoms with Crippen LogP contribution in [-0.2, 0) is 7.05 Å². The second-order valence-electron chi connectivity index (χ2n) is 3.16. The number of aromatic nitrogens is 1. The molecule has 0 saturated carbocycles. The summed E-state index contributed by atoms with van der Waals surface area (Å²) in [7, 11) is 1.74. The Balaban J connectivity index is 2.90. The van der Waals surface area contributed by atoms with E-state index >= 15 is 0 Å². The highest BCUT2D eigenvalue weighted by atomic mass is 16.1. The van der Waals surface area contributed by atoms with E-state index < -0.39 is 0 Å². The standard InChI is InChI=1S/C9H14N2O/c1-7(2)10-8-4-5-11(3)9(12)6-8/h4-7,10H,1-3H3. The summed E-state index contributed by atoms with van der Waals surface area (Å²) in [5, 5.41) is 3.16. The molecular weight excluding hydrogens is 152 g/mol. The van der Waals surface area contributed by atoms with E-state index in [9.17, 15) is 4.79 Å². The quantitative estimate of drug-likeness (QED) is 0.716. The number of hydrogen-bond acceptors (Lipinski definition) is 2. The van der Waals surface area contributed by atoms with E-state index in [0.717, 1.165) is 5.69 Å². The van der Waals surface area contributed by atoms with Gasteiger partial charge in [-0.15, -0.1) is 0 Å². The topological polar surface area (TPSA) is 34.0 Å². The number of hydrogen-bond donors (Lipinski definition) is 1. The highest BCUT2D eigenvalue weighted by molar-refractivity contribution is 5.41. The van der Waals surface area contributed by atoms with Crippen LogP contribution in [0.25, 0.3) is 0 Å². The van der Waals surface area contributed by atoms with Gasteiger partial charge in [0.05, 0.1) is 0 Å². The molecule has 0 aromatic carbocycles. The van der Waals surface area contributed by atoms with Crippen molar-refractivity contribution in [2.45, 2.75) is 19.9 Å². The van der Waals surface area contributed by atoms with Crippen LogP contribution in [-0.4, -0.2) is 10.6 Å². The van der Waals surface area contributed by atoms with Crippen molar-refractivity contribution in [3.63, 3.8) is 0 Å². The van der Waals surface area contributed by atoms with Crippen LogP contribution in [0.3, 0.4) is 0 Å². The maximum Gasteiger partial charge on any atom is 0.252 e. The molecule has 3 heteroatoms. The number of aryl methyl sites for hydroxylation is 1. The van der Waals surface area contributed by atoms with Gasteiger partial charge in [-0.1, -0.05) is 0 Å². The Kier molecular flexibility index (Phi) is 2.53. The number of rotatable bonds is 2. The van der Waals surface area contributed by atoms with Crippen LogP contribution in [0, 0.1) is 0 Å². The molecule has 1 aromatic rings. The zero-order chi connectivity index (χ0) is 9.14. The third-order valence-corrected chi connectivity index (χ3v) is 1.56. The monoisotopic (exact) mass is 166 g/mol. The summed E-state index contributed by atoms with van der Waals surface area (Å²) < 4.78 is 1.55. The minimum Gasteiger partial charge on any atom is -0.383 e. The van der Waals surface area contributed by atoms with Gasteiger partial charge >= 0.3 is 0 Å². The molecular formula is C9H14N2O. The maximum absolute atomic E-state index is 11.1. The first kappa shape index (κ1) is 8.84. The molecule has 1 rings (SSSR count). The van der Waals surface area contributed by atoms with E-state index in [0.29, 0.717) is 6.04 Å². The van der Waals surface area contributed by atoms with E-state index in [-0.39, 0.29) is 5.56 Å². The lowest BCUT2D eigenvalue weighted by molar-refractivity contribution is 0.851. The van der Waals surface area contributed by atoms with Crippen molar-refractivity contribution >= 4 is 5.69 Å². The van der Waals surface area contributed by atoms with Crippen LogP contribution >= 0.6 is 0 Å². The van der Waals surface area contributed by atoms with Crippen LogP contribution in [0.1, 0.15) is 13.8 Å². The molecule has 0 aliphatic carbocycles. The molecule has 0 saturated heterocycles. The summed E-state index contributed by atoms with van der Waals surface area (Å²) in [6.45, 7) is 4.08. The van der Waals surface area contributed by atoms with Crippen LogP contribution in [0.4, 0.5) is 5.69 Å². The fourth-order valence-electron chi connectivity index (χ4n) is 0.972. The predicted molar refractivity (Wildman–Crippen MR) is 50.4 cm³/mol. The molecule has 1 aromatic heterocycles. The average molecular weight is 166 g/mol. The van der Waals surface area contributed by atoms with Gasteiger partial charge < -0.3 is 9.88 Å². The summed E-state index contributed by atoms with van der Waals surface area (Å²) in [5.41, 5.74) is 0.897. The smallest absolute Gasteiger partial charge is 0.252 e. The van der Waals surface area contributed by atoms with Gasteiger partial charge in [0, 0.05) is 31.0 Å². The fourth-order valence-corrected chi connectivity index (χ4v) is 0.972. The van der Waals surface area contributed by atoms with Crippen LogP contribution in [0.2, 0.25) is 0 Å². The first-order valence-corrected chi connectivity index (χ1v) is 4.03. The SMILES string of the molecule is CC(C)Nc1ccn(C)c(=O)c1. The van der Waals surface area contributed by atoms with Crippen molar-refractivity contribution < 1.29 is 0 Å². The number of pyridine rings is 1. The summed E-state index contributed by atoms with van der Waals surface area (Å²) in [4.78, 5) is 11.1. The highest BCUT2D eigenvalue weighted by Gasteiger charge is 1.96. The molecule has 0 bridgehead atoms. The minimum absolute atomic E-state index is 0.0145. The lowest BCUT2D eigenvalue weighted by Crippen LogP contribution is -2.17. The second kappa shape index (κ2) is 3.43. The second-order valence-corrected chi connectivity index (χ2v) is 3.16. The first-order chi connectivity index (χ1) is 5.59. The fraction of sp³-hybridized carbons (Fsp3) is 0.444. The first-order valence-electron chi connectivity index (χ1n) is 4.03. The lowest BCUT2D eigenvalue weighted by atomic mass is 10.3. The molecule has 0 aliphatic rings. The number of nitrogens with zero attached hydrogens (tertiary/aromatic N) is 1. The van der Waals surface area contributed by atoms with Gasteiger partial charge in [0.25, 0.3) is 5.56 Å². The summed E-state index contributed by atoms with van der Waals surface area (Å²) in [6.07, 6.45) is 1.76. The third kappa shape index (κ3) is 2.12. The molecule has 3 nitrogen and oxygen atoms in total. The third-order valence-electron chi connectivity index (χ3n) is 1.56. The molecule has 0 unspecified atom stereocenters. The average Bonchev–Trinajstić information content (AvgIpc) is 1.96. The van der Waals surface area contributed by atoms with Crippen LogP contribution < -0.4 is 10.9 Å². The van der Waals surface area contributed by atoms with E-state index in [1.54, 1.807) is 23.9 Å². The Morgan fingerprint density at radius 3 is 2.67 bits per heavy atom. The highest BCUT2D eigenvalue weighted by Crippen LogP contribution is 2.02. The molecule has 1 heterocycles. The Hall–Kier alpha value is -1.25. The Bertz CT molecular complexity index is 315. The summed E-state index contributed by atoms with van der Waals surface area (Å²) in [6, 6.07) is 3.85. The van der Waals surface area contributed by atoms with Gasteiger partial charge in [-0.05, 0) is 19.9 Å². The zero-order valence-corrected chi connectivity index (χ0v) is 7.66. The normalized spacial score (nSPS) is 10.3. The Morgan fingerprint density at radius 1 is 1.50 bits per heavy atom. The van der Waals surface area contributed by atoms with Crippen molar-refractivity contribution in [3.05, 3.63) is 28.7 Å². The zero-order valence-electron chi connectivity index (χ0n) is 7.66. The lowest BCUT2D eigenvalue weighted by Gasteiger charge is -2.09. The number of anilines is 1. The van der Waals surface area contributed by atoms with Gasteiger partial charge in [-0.2, -0.15) is 0 Å². The predicted octanol–water partition coefficient (Wildman–Crippen LogP) is 1.21. The van der Waals surface area contributed by atoms with Crippen molar-refractivity contribution in [1.29, 1.82) is 0 Å². The molecule has 1 N–H and O–H groups in total. The van der Waals surface area contributed by atoms with E-state index in [2.05, 4.69) is 5.32 Å². The van der Waals surface area contributed by atoms with Crippen molar-refractivity contribution in [2.75, 3.05) is 5.32 Å². The van der Waals surface area contributed by atoms with Gasteiger partial charge in [-0.25, -0.2) is 0 Å². The molecule has 0 radical (unpaired) electrons. The molecule has 66 valence electrons. The number of nitrogens with one attached hydrogen (secondary N) is 1. The molecule has 0 spiro atoms. The van der Waals surface area contributed by atoms with Gasteiger partial charge in [0.15, 0.2) is 0 Å². The Labute approximate surface area is 72.0 Å². The van der Waals surface area contributed by atoms with Crippen molar-refractivity contribution in [2.24, 2.45) is 7.05 Å². The molecule has 0 fully saturated rings. The molecule has 12 heavy (non-hydrogen) atoms. The summed E-state index contributed by atoms with van der Waals surface area (Å²) >= 11 is 0. The maximum atomic E-state index is 11.1. The molecule has 0 atom stereocenters. The molecule has 0 aliphatic heterocycles. The van der Waals surface area contributed by atoms with Gasteiger partial charge in [0.2, 0.25) is 0 Å². The van der Waals surface area contributed by atoms with E-state index in [1.165, 1.54) is 0 Å². The van der Waals surface area contributed by atoms with E-state index in [4.69, 9.17) is 0 Å². The summed E-state index contributed by atoms with van der Waals surface area (Å²) in [5.74, 6) is 0. The van der Waals surface area contributed by atoms with Crippen LogP contribution in [0.5, 0.6) is 0 Å². The van der Waals surface area contributed by atoms with Crippen LogP contribution in [0.15, 0.2) is 23.1 Å².